The average molecular weight is 770 g/mol. The van der Waals surface area contributed by atoms with Crippen molar-refractivity contribution in [1.82, 2.24) is 5.32 Å². The topological polar surface area (TPSA) is 69.6 Å². The number of unbranched alkanes of at least 4 members (excludes halogenated alkanes) is 29. The molecule has 0 rings (SSSR count). The second-order valence-electron chi connectivity index (χ2n) is 16.5. The third-order valence-electron chi connectivity index (χ3n) is 11.1. The minimum absolute atomic E-state index is 0.0320. The molecule has 0 bridgehead atoms. The lowest BCUT2D eigenvalue weighted by molar-refractivity contribution is -0.123. The van der Waals surface area contributed by atoms with Gasteiger partial charge in [-0.1, -0.05) is 242 Å². The van der Waals surface area contributed by atoms with Gasteiger partial charge in [-0.3, -0.25) is 4.79 Å². The Kier molecular flexibility index (Phi) is 45.3. The molecule has 4 nitrogen and oxygen atoms in total. The molecular formula is C51H95NO3. The molecule has 0 saturated heterocycles. The maximum absolute atomic E-state index is 12.4. The van der Waals surface area contributed by atoms with Gasteiger partial charge in [0.25, 0.3) is 0 Å². The van der Waals surface area contributed by atoms with Crippen molar-refractivity contribution in [2.45, 2.75) is 264 Å². The number of carbonyl (C=O) groups excluding carboxylic acids is 1. The van der Waals surface area contributed by atoms with Gasteiger partial charge in [-0.25, -0.2) is 0 Å². The van der Waals surface area contributed by atoms with Crippen LogP contribution in [-0.4, -0.2) is 34.9 Å². The predicted octanol–water partition coefficient (Wildman–Crippen LogP) is 15.5. The van der Waals surface area contributed by atoms with E-state index in [9.17, 15) is 15.0 Å². The molecule has 0 spiro atoms. The molecule has 0 aliphatic rings. The molecule has 322 valence electrons. The van der Waals surface area contributed by atoms with Crippen molar-refractivity contribution in [1.29, 1.82) is 0 Å². The van der Waals surface area contributed by atoms with E-state index in [0.29, 0.717) is 12.8 Å². The summed E-state index contributed by atoms with van der Waals surface area (Å²) in [4.78, 5) is 12.4. The van der Waals surface area contributed by atoms with Crippen LogP contribution in [0.3, 0.4) is 0 Å². The monoisotopic (exact) mass is 770 g/mol. The average Bonchev–Trinajstić information content (AvgIpc) is 3.19. The molecule has 0 aromatic rings. The summed E-state index contributed by atoms with van der Waals surface area (Å²) in [6, 6.07) is -0.532. The summed E-state index contributed by atoms with van der Waals surface area (Å²) in [5.41, 5.74) is 0. The van der Waals surface area contributed by atoms with Gasteiger partial charge < -0.3 is 15.5 Å². The molecule has 3 N–H and O–H groups in total. The van der Waals surface area contributed by atoms with Crippen molar-refractivity contribution in [2.75, 3.05) is 6.61 Å². The molecular weight excluding hydrogens is 675 g/mol. The first-order valence-electron chi connectivity index (χ1n) is 24.3. The Morgan fingerprint density at radius 1 is 0.455 bits per heavy atom. The zero-order valence-electron chi connectivity index (χ0n) is 36.9. The van der Waals surface area contributed by atoms with E-state index in [-0.39, 0.29) is 12.5 Å². The van der Waals surface area contributed by atoms with Crippen LogP contribution in [0.5, 0.6) is 0 Å². The zero-order chi connectivity index (χ0) is 40.0. The van der Waals surface area contributed by atoms with E-state index >= 15 is 0 Å². The Morgan fingerprint density at radius 2 is 0.800 bits per heavy atom. The molecule has 0 fully saturated rings. The molecule has 4 heteroatoms. The Hall–Kier alpha value is -1.65. The van der Waals surface area contributed by atoms with Crippen LogP contribution >= 0.6 is 0 Å². The molecule has 55 heavy (non-hydrogen) atoms. The highest BCUT2D eigenvalue weighted by molar-refractivity contribution is 5.76. The molecule has 0 saturated carbocycles. The molecule has 0 heterocycles. The maximum atomic E-state index is 12.4. The first-order chi connectivity index (χ1) is 27.2. The number of hydrogen-bond acceptors (Lipinski definition) is 3. The van der Waals surface area contributed by atoms with E-state index in [1.165, 1.54) is 173 Å². The number of carbonyl (C=O) groups is 1. The highest BCUT2D eigenvalue weighted by atomic mass is 16.3. The van der Waals surface area contributed by atoms with Crippen LogP contribution in [0.4, 0.5) is 0 Å². The summed E-state index contributed by atoms with van der Waals surface area (Å²) in [5, 5.41) is 23.0. The number of hydrogen-bond donors (Lipinski definition) is 3. The fourth-order valence-corrected chi connectivity index (χ4v) is 7.41. The first-order valence-corrected chi connectivity index (χ1v) is 24.3. The van der Waals surface area contributed by atoms with Crippen LogP contribution in [0, 0.1) is 0 Å². The summed E-state index contributed by atoms with van der Waals surface area (Å²) >= 11 is 0. The van der Waals surface area contributed by atoms with Crippen molar-refractivity contribution in [3.8, 4) is 0 Å². The van der Waals surface area contributed by atoms with E-state index in [0.717, 1.165) is 51.4 Å². The van der Waals surface area contributed by atoms with Gasteiger partial charge in [-0.15, -0.1) is 0 Å². The number of rotatable bonds is 44. The van der Waals surface area contributed by atoms with E-state index in [1.54, 1.807) is 0 Å². The quantitative estimate of drug-likeness (QED) is 0.0427. The van der Waals surface area contributed by atoms with Crippen LogP contribution in [0.25, 0.3) is 0 Å². The third kappa shape index (κ3) is 43.3. The fourth-order valence-electron chi connectivity index (χ4n) is 7.41. The molecule has 1 amide bonds. The summed E-state index contributed by atoms with van der Waals surface area (Å²) in [5.74, 6) is -0.0320. The molecule has 0 aliphatic carbocycles. The molecule has 0 radical (unpaired) electrons. The van der Waals surface area contributed by atoms with Gasteiger partial charge in [0.2, 0.25) is 5.91 Å². The largest absolute Gasteiger partial charge is 0.394 e. The molecule has 0 aromatic carbocycles. The second-order valence-corrected chi connectivity index (χ2v) is 16.5. The van der Waals surface area contributed by atoms with Gasteiger partial charge in [-0.05, 0) is 51.4 Å². The Morgan fingerprint density at radius 3 is 1.20 bits per heavy atom. The highest BCUT2D eigenvalue weighted by Crippen LogP contribution is 2.16. The van der Waals surface area contributed by atoms with Crippen molar-refractivity contribution in [3.05, 3.63) is 48.6 Å². The van der Waals surface area contributed by atoms with E-state index < -0.39 is 12.1 Å². The van der Waals surface area contributed by atoms with E-state index in [4.69, 9.17) is 0 Å². The lowest BCUT2D eigenvalue weighted by Crippen LogP contribution is -2.45. The van der Waals surface area contributed by atoms with E-state index in [1.807, 2.05) is 0 Å². The molecule has 0 aliphatic heterocycles. The number of nitrogens with one attached hydrogen (secondary N) is 1. The second kappa shape index (κ2) is 46.7. The lowest BCUT2D eigenvalue weighted by Gasteiger charge is -2.22. The lowest BCUT2D eigenvalue weighted by atomic mass is 10.0. The van der Waals surface area contributed by atoms with Crippen LogP contribution in [-0.2, 0) is 4.79 Å². The molecule has 2 atom stereocenters. The van der Waals surface area contributed by atoms with Gasteiger partial charge in [0.05, 0.1) is 18.8 Å². The third-order valence-corrected chi connectivity index (χ3v) is 11.1. The fraction of sp³-hybridized carbons (Fsp3) is 0.824. The first kappa shape index (κ1) is 53.4. The van der Waals surface area contributed by atoms with Gasteiger partial charge in [-0.2, -0.15) is 0 Å². The van der Waals surface area contributed by atoms with Crippen LogP contribution < -0.4 is 5.32 Å². The van der Waals surface area contributed by atoms with Gasteiger partial charge in [0.1, 0.15) is 0 Å². The summed E-state index contributed by atoms with van der Waals surface area (Å²) in [6.45, 7) is 4.22. The Balaban J connectivity index is 3.36. The standard InChI is InChI=1S/C51H95NO3/c1-3-5-7-9-11-13-14-15-16-17-18-19-20-21-22-23-24-25-26-27-28-29-30-31-32-33-34-35-36-37-38-39-41-43-45-47-51(55)52-49(48-53)50(54)46-44-42-40-12-10-8-6-4-2/h5,7,11,13,15-16,18-19,49-50,53-54H,3-4,6,8-10,12,14,17,20-48H2,1-2H3,(H,52,55)/b7-5-,13-11-,16-15-,19-18-. The SMILES string of the molecule is CC/C=C\C/C=C\C/C=C\C/C=C\CCCCCCCCCCCCCCCCCCCCCCCCC(=O)NC(CO)C(O)CCCCCCCCCC. The molecule has 0 aromatic heterocycles. The highest BCUT2D eigenvalue weighted by Gasteiger charge is 2.20. The minimum Gasteiger partial charge on any atom is -0.394 e. The van der Waals surface area contributed by atoms with Crippen LogP contribution in [0.2, 0.25) is 0 Å². The predicted molar refractivity (Wildman–Crippen MR) is 244 cm³/mol. The van der Waals surface area contributed by atoms with Gasteiger partial charge in [0, 0.05) is 6.42 Å². The summed E-state index contributed by atoms with van der Waals surface area (Å²) < 4.78 is 0. The summed E-state index contributed by atoms with van der Waals surface area (Å²) in [6.07, 6.45) is 63.8. The Labute approximate surface area is 344 Å². The number of aliphatic hydroxyl groups is 2. The summed E-state index contributed by atoms with van der Waals surface area (Å²) in [7, 11) is 0. The van der Waals surface area contributed by atoms with Crippen molar-refractivity contribution < 1.29 is 15.0 Å². The van der Waals surface area contributed by atoms with Crippen molar-refractivity contribution in [3.63, 3.8) is 0 Å². The number of aliphatic hydroxyl groups excluding tert-OH is 2. The van der Waals surface area contributed by atoms with Crippen LogP contribution in [0.15, 0.2) is 48.6 Å². The normalized spacial score (nSPS) is 13.3. The van der Waals surface area contributed by atoms with Crippen LogP contribution in [0.1, 0.15) is 251 Å². The van der Waals surface area contributed by atoms with Crippen molar-refractivity contribution >= 4 is 5.91 Å². The van der Waals surface area contributed by atoms with Crippen molar-refractivity contribution in [2.24, 2.45) is 0 Å². The number of allylic oxidation sites excluding steroid dienone is 8. The van der Waals surface area contributed by atoms with Gasteiger partial charge in [0.15, 0.2) is 0 Å². The van der Waals surface area contributed by atoms with Gasteiger partial charge >= 0.3 is 0 Å². The van der Waals surface area contributed by atoms with E-state index in [2.05, 4.69) is 67.8 Å². The smallest absolute Gasteiger partial charge is 0.220 e. The number of amides is 1. The maximum Gasteiger partial charge on any atom is 0.220 e. The minimum atomic E-state index is -0.655. The zero-order valence-corrected chi connectivity index (χ0v) is 36.9. The molecule has 2 unspecified atom stereocenters. The Bertz CT molecular complexity index is 877.